The Morgan fingerprint density at radius 3 is 2.71 bits per heavy atom. The van der Waals surface area contributed by atoms with Crippen LogP contribution in [0.15, 0.2) is 0 Å². The van der Waals surface area contributed by atoms with Crippen molar-refractivity contribution >= 4 is 27.5 Å². The number of halogens is 1. The van der Waals surface area contributed by atoms with Crippen molar-refractivity contribution in [2.45, 2.75) is 33.1 Å². The predicted octanol–water partition coefficient (Wildman–Crippen LogP) is 1.84. The van der Waals surface area contributed by atoms with Crippen molar-refractivity contribution in [3.8, 4) is 0 Å². The largest absolute Gasteiger partial charge is 0.274 e. The summed E-state index contributed by atoms with van der Waals surface area (Å²) in [6, 6.07) is 0. The lowest BCUT2D eigenvalue weighted by molar-refractivity contribution is -0.123. The van der Waals surface area contributed by atoms with Gasteiger partial charge in [0.25, 0.3) is 0 Å². The first-order chi connectivity index (χ1) is 7.90. The van der Waals surface area contributed by atoms with Gasteiger partial charge in [-0.1, -0.05) is 20.3 Å². The first kappa shape index (κ1) is 14.8. The molecule has 100 valence electrons. The fourth-order valence-corrected chi connectivity index (χ4v) is 4.19. The molecule has 1 fully saturated rings. The van der Waals surface area contributed by atoms with Crippen molar-refractivity contribution in [3.63, 3.8) is 0 Å². The predicted molar refractivity (Wildman–Crippen MR) is 68.4 cm³/mol. The first-order valence-electron chi connectivity index (χ1n) is 6.00. The Balaban J connectivity index is 2.69. The van der Waals surface area contributed by atoms with Crippen LogP contribution < -0.4 is 0 Å². The Kier molecular flexibility index (Phi) is 5.25. The maximum absolute atomic E-state index is 12.0. The summed E-state index contributed by atoms with van der Waals surface area (Å²) in [5.41, 5.74) is 0. The van der Waals surface area contributed by atoms with Gasteiger partial charge in [-0.3, -0.25) is 4.79 Å². The lowest BCUT2D eigenvalue weighted by Crippen LogP contribution is -2.36. The summed E-state index contributed by atoms with van der Waals surface area (Å²) in [6.07, 6.45) is 2.25. The van der Waals surface area contributed by atoms with Gasteiger partial charge in [0.05, 0.1) is 5.75 Å². The number of rotatable bonds is 6. The van der Waals surface area contributed by atoms with E-state index >= 15 is 0 Å². The summed E-state index contributed by atoms with van der Waals surface area (Å²) in [4.78, 5) is 11.7. The van der Waals surface area contributed by atoms with E-state index in [9.17, 15) is 13.2 Å². The Morgan fingerprint density at radius 2 is 2.18 bits per heavy atom. The van der Waals surface area contributed by atoms with E-state index in [-0.39, 0.29) is 23.5 Å². The minimum Gasteiger partial charge on any atom is -0.274 e. The second kappa shape index (κ2) is 6.05. The number of carbonyl (C=O) groups is 1. The highest BCUT2D eigenvalue weighted by atomic mass is 35.5. The molecule has 6 heteroatoms. The molecular formula is C11H20ClNO3S. The molecule has 0 aliphatic carbocycles. The van der Waals surface area contributed by atoms with E-state index in [4.69, 9.17) is 11.6 Å². The van der Waals surface area contributed by atoms with Crippen LogP contribution in [0.1, 0.15) is 33.1 Å². The molecule has 0 aromatic carbocycles. The summed E-state index contributed by atoms with van der Waals surface area (Å²) in [5, 5.41) is 0. The summed E-state index contributed by atoms with van der Waals surface area (Å²) in [6.45, 7) is 4.16. The summed E-state index contributed by atoms with van der Waals surface area (Å²) < 4.78 is 25.1. The van der Waals surface area contributed by atoms with Crippen molar-refractivity contribution in [2.75, 3.05) is 18.2 Å². The third-order valence-electron chi connectivity index (χ3n) is 2.96. The zero-order chi connectivity index (χ0) is 13.1. The lowest BCUT2D eigenvalue weighted by atomic mass is 10.0. The summed E-state index contributed by atoms with van der Waals surface area (Å²) in [7, 11) is -3.47. The van der Waals surface area contributed by atoms with Crippen LogP contribution in [0.5, 0.6) is 0 Å². The number of amides is 1. The van der Waals surface area contributed by atoms with Gasteiger partial charge in [-0.15, -0.1) is 11.6 Å². The minimum atomic E-state index is -3.47. The van der Waals surface area contributed by atoms with Gasteiger partial charge in [-0.25, -0.2) is 12.7 Å². The number of carbonyl (C=O) groups excluding carboxylic acids is 1. The van der Waals surface area contributed by atoms with Crippen molar-refractivity contribution in [1.29, 1.82) is 0 Å². The number of nitrogens with zero attached hydrogens (tertiary/aromatic N) is 1. The van der Waals surface area contributed by atoms with E-state index in [1.165, 1.54) is 0 Å². The molecule has 0 spiro atoms. The summed E-state index contributed by atoms with van der Waals surface area (Å²) >= 11 is 5.61. The van der Waals surface area contributed by atoms with Crippen LogP contribution in [0.25, 0.3) is 0 Å². The Bertz CT molecular complexity index is 369. The molecule has 1 amide bonds. The maximum Gasteiger partial charge on any atom is 0.237 e. The molecule has 1 aliphatic rings. The molecule has 1 saturated heterocycles. The normalized spacial score (nSPS) is 23.1. The topological polar surface area (TPSA) is 54.5 Å². The van der Waals surface area contributed by atoms with Gasteiger partial charge in [-0.05, 0) is 18.3 Å². The number of hydrogen-bond acceptors (Lipinski definition) is 3. The molecule has 2 atom stereocenters. The highest BCUT2D eigenvalue weighted by Gasteiger charge is 2.37. The number of sulfonamides is 1. The molecule has 0 radical (unpaired) electrons. The molecule has 0 aromatic heterocycles. The lowest BCUT2D eigenvalue weighted by Gasteiger charge is -2.18. The highest BCUT2D eigenvalue weighted by molar-refractivity contribution is 7.89. The van der Waals surface area contributed by atoms with Crippen LogP contribution >= 0.6 is 11.6 Å². The number of hydrogen-bond donors (Lipinski definition) is 0. The quantitative estimate of drug-likeness (QED) is 0.698. The number of alkyl halides is 1. The molecule has 1 rings (SSSR count). The maximum atomic E-state index is 12.0. The van der Waals surface area contributed by atoms with Crippen molar-refractivity contribution in [3.05, 3.63) is 0 Å². The average molecular weight is 282 g/mol. The van der Waals surface area contributed by atoms with Gasteiger partial charge in [0.1, 0.15) is 0 Å². The highest BCUT2D eigenvalue weighted by Crippen LogP contribution is 2.25. The molecule has 0 saturated carbocycles. The van der Waals surface area contributed by atoms with E-state index in [1.807, 2.05) is 6.92 Å². The molecule has 0 N–H and O–H groups in total. The monoisotopic (exact) mass is 281 g/mol. The minimum absolute atomic E-state index is 0.0406. The fourth-order valence-electron chi connectivity index (χ4n) is 2.11. The molecule has 1 heterocycles. The van der Waals surface area contributed by atoms with Gasteiger partial charge >= 0.3 is 0 Å². The molecule has 2 unspecified atom stereocenters. The third kappa shape index (κ3) is 3.85. The van der Waals surface area contributed by atoms with Crippen molar-refractivity contribution in [1.82, 2.24) is 4.31 Å². The van der Waals surface area contributed by atoms with E-state index in [2.05, 4.69) is 0 Å². The standard InChI is InChI=1S/C11H20ClNO3S/c1-3-4-10-5-11(14)13(7-10)17(15,16)8-9(2)6-12/h9-10H,3-8H2,1-2H3. The van der Waals surface area contributed by atoms with Crippen LogP contribution in [0, 0.1) is 11.8 Å². The smallest absolute Gasteiger partial charge is 0.237 e. The van der Waals surface area contributed by atoms with Gasteiger partial charge in [0.2, 0.25) is 15.9 Å². The molecule has 17 heavy (non-hydrogen) atoms. The van der Waals surface area contributed by atoms with Gasteiger partial charge in [0.15, 0.2) is 0 Å². The van der Waals surface area contributed by atoms with Gasteiger partial charge in [-0.2, -0.15) is 0 Å². The van der Waals surface area contributed by atoms with E-state index < -0.39 is 10.0 Å². The van der Waals surface area contributed by atoms with Crippen molar-refractivity contribution < 1.29 is 13.2 Å². The summed E-state index contributed by atoms with van der Waals surface area (Å²) in [5.74, 6) is 0.0549. The second-order valence-electron chi connectivity index (χ2n) is 4.82. The molecular weight excluding hydrogens is 262 g/mol. The van der Waals surface area contributed by atoms with Crippen LogP contribution in [-0.4, -0.2) is 36.8 Å². The average Bonchev–Trinajstić information content (AvgIpc) is 2.60. The van der Waals surface area contributed by atoms with E-state index in [1.54, 1.807) is 6.92 Å². The molecule has 4 nitrogen and oxygen atoms in total. The fraction of sp³-hybridized carbons (Fsp3) is 0.909. The SMILES string of the molecule is CCCC1CC(=O)N(S(=O)(=O)CC(C)CCl)C1. The zero-order valence-electron chi connectivity index (χ0n) is 10.4. The first-order valence-corrected chi connectivity index (χ1v) is 8.14. The van der Waals surface area contributed by atoms with E-state index in [0.717, 1.165) is 17.1 Å². The Hall–Kier alpha value is -0.290. The van der Waals surface area contributed by atoms with Crippen LogP contribution in [0.4, 0.5) is 0 Å². The van der Waals surface area contributed by atoms with E-state index in [0.29, 0.717) is 18.8 Å². The van der Waals surface area contributed by atoms with Gasteiger partial charge in [0, 0.05) is 18.8 Å². The zero-order valence-corrected chi connectivity index (χ0v) is 11.9. The Morgan fingerprint density at radius 1 is 1.53 bits per heavy atom. The molecule has 0 aromatic rings. The molecule has 0 bridgehead atoms. The second-order valence-corrected chi connectivity index (χ2v) is 7.07. The van der Waals surface area contributed by atoms with Gasteiger partial charge < -0.3 is 0 Å². The molecule has 1 aliphatic heterocycles. The van der Waals surface area contributed by atoms with Crippen LogP contribution in [-0.2, 0) is 14.8 Å². The van der Waals surface area contributed by atoms with Crippen LogP contribution in [0.2, 0.25) is 0 Å². The van der Waals surface area contributed by atoms with Crippen LogP contribution in [0.3, 0.4) is 0 Å². The third-order valence-corrected chi connectivity index (χ3v) is 5.50. The van der Waals surface area contributed by atoms with Crippen molar-refractivity contribution in [2.24, 2.45) is 11.8 Å². The Labute approximate surface area is 108 Å².